The molecule has 0 saturated carbocycles. The fraction of sp³-hybridized carbons (Fsp3) is 0.643. The highest BCUT2D eigenvalue weighted by atomic mass is 16.1. The van der Waals surface area contributed by atoms with Gasteiger partial charge in [0.25, 0.3) is 5.56 Å². The minimum absolute atomic E-state index is 0.0716. The standard InChI is InChI=1S/C14H23N3O/c1-3-4-6-15-9-11-8-12-10-17(2)7-5-13(12)16-14(11)18/h8,15H,3-7,9-10H2,1-2H3,(H,16,18). The van der Waals surface area contributed by atoms with Crippen LogP contribution in [0, 0.1) is 0 Å². The van der Waals surface area contributed by atoms with Crippen molar-refractivity contribution < 1.29 is 0 Å². The quantitative estimate of drug-likeness (QED) is 0.772. The molecule has 0 aliphatic carbocycles. The first kappa shape index (κ1) is 13.3. The van der Waals surface area contributed by atoms with E-state index in [0.717, 1.165) is 43.7 Å². The molecule has 2 N–H and O–H groups in total. The van der Waals surface area contributed by atoms with E-state index in [-0.39, 0.29) is 5.56 Å². The number of fused-ring (bicyclic) bond motifs is 1. The Morgan fingerprint density at radius 3 is 3.11 bits per heavy atom. The van der Waals surface area contributed by atoms with E-state index < -0.39 is 0 Å². The van der Waals surface area contributed by atoms with Crippen LogP contribution in [0.25, 0.3) is 0 Å². The minimum atomic E-state index is 0.0716. The molecular formula is C14H23N3O. The molecule has 100 valence electrons. The van der Waals surface area contributed by atoms with Crippen LogP contribution in [-0.2, 0) is 19.5 Å². The van der Waals surface area contributed by atoms with Crippen molar-refractivity contribution in [2.45, 2.75) is 39.3 Å². The lowest BCUT2D eigenvalue weighted by atomic mass is 10.0. The van der Waals surface area contributed by atoms with Crippen molar-refractivity contribution in [2.24, 2.45) is 0 Å². The summed E-state index contributed by atoms with van der Waals surface area (Å²) in [6, 6.07) is 2.07. The Hall–Kier alpha value is -1.13. The molecule has 1 aliphatic rings. The summed E-state index contributed by atoms with van der Waals surface area (Å²) in [5, 5.41) is 3.33. The topological polar surface area (TPSA) is 48.1 Å². The number of hydrogen-bond donors (Lipinski definition) is 2. The van der Waals surface area contributed by atoms with Crippen molar-refractivity contribution in [1.29, 1.82) is 0 Å². The Bertz CT molecular complexity index is 453. The van der Waals surface area contributed by atoms with Gasteiger partial charge in [0.05, 0.1) is 0 Å². The maximum Gasteiger partial charge on any atom is 0.252 e. The lowest BCUT2D eigenvalue weighted by Crippen LogP contribution is -2.31. The van der Waals surface area contributed by atoms with E-state index in [2.05, 4.69) is 35.2 Å². The first-order chi connectivity index (χ1) is 8.70. The van der Waals surface area contributed by atoms with Crippen molar-refractivity contribution >= 4 is 0 Å². The van der Waals surface area contributed by atoms with Crippen LogP contribution in [0.5, 0.6) is 0 Å². The first-order valence-electron chi connectivity index (χ1n) is 6.84. The smallest absolute Gasteiger partial charge is 0.252 e. The zero-order chi connectivity index (χ0) is 13.0. The third kappa shape index (κ3) is 3.21. The van der Waals surface area contributed by atoms with Gasteiger partial charge in [-0.15, -0.1) is 0 Å². The van der Waals surface area contributed by atoms with Crippen molar-refractivity contribution in [3.8, 4) is 0 Å². The number of H-pyrrole nitrogens is 1. The average Bonchev–Trinajstić information content (AvgIpc) is 2.35. The van der Waals surface area contributed by atoms with Gasteiger partial charge in [0.15, 0.2) is 0 Å². The number of aromatic amines is 1. The molecule has 0 radical (unpaired) electrons. The molecule has 4 nitrogen and oxygen atoms in total. The van der Waals surface area contributed by atoms with Crippen LogP contribution in [0.2, 0.25) is 0 Å². The molecule has 2 heterocycles. The van der Waals surface area contributed by atoms with Crippen LogP contribution >= 0.6 is 0 Å². The second-order valence-corrected chi connectivity index (χ2v) is 5.15. The lowest BCUT2D eigenvalue weighted by molar-refractivity contribution is 0.309. The van der Waals surface area contributed by atoms with Gasteiger partial charge < -0.3 is 15.2 Å². The van der Waals surface area contributed by atoms with E-state index in [0.29, 0.717) is 6.54 Å². The molecule has 0 bridgehead atoms. The van der Waals surface area contributed by atoms with Crippen LogP contribution in [-0.4, -0.2) is 30.0 Å². The summed E-state index contributed by atoms with van der Waals surface area (Å²) in [6.07, 6.45) is 3.29. The van der Waals surface area contributed by atoms with Gasteiger partial charge >= 0.3 is 0 Å². The number of unbranched alkanes of at least 4 members (excludes halogenated alkanes) is 1. The number of nitrogens with zero attached hydrogens (tertiary/aromatic N) is 1. The Morgan fingerprint density at radius 2 is 2.33 bits per heavy atom. The Labute approximate surface area is 108 Å². The predicted molar refractivity (Wildman–Crippen MR) is 73.7 cm³/mol. The summed E-state index contributed by atoms with van der Waals surface area (Å²) in [5.74, 6) is 0. The SMILES string of the molecule is CCCCNCc1cc2c([nH]c1=O)CCN(C)C2. The zero-order valence-electron chi connectivity index (χ0n) is 11.4. The Morgan fingerprint density at radius 1 is 1.50 bits per heavy atom. The predicted octanol–water partition coefficient (Wildman–Crippen LogP) is 1.25. The number of hydrogen-bond acceptors (Lipinski definition) is 3. The summed E-state index contributed by atoms with van der Waals surface area (Å²) in [4.78, 5) is 17.2. The molecule has 18 heavy (non-hydrogen) atoms. The Balaban J connectivity index is 2.07. The van der Waals surface area contributed by atoms with Crippen LogP contribution in [0.15, 0.2) is 10.9 Å². The largest absolute Gasteiger partial charge is 0.326 e. The summed E-state index contributed by atoms with van der Waals surface area (Å²) >= 11 is 0. The zero-order valence-corrected chi connectivity index (χ0v) is 11.4. The first-order valence-corrected chi connectivity index (χ1v) is 6.84. The minimum Gasteiger partial charge on any atom is -0.326 e. The van der Waals surface area contributed by atoms with Gasteiger partial charge in [-0.1, -0.05) is 13.3 Å². The molecule has 0 atom stereocenters. The molecule has 0 unspecified atom stereocenters. The van der Waals surface area contributed by atoms with Gasteiger partial charge in [0.2, 0.25) is 0 Å². The van der Waals surface area contributed by atoms with Gasteiger partial charge in [-0.05, 0) is 31.6 Å². The maximum absolute atomic E-state index is 11.9. The van der Waals surface area contributed by atoms with Gasteiger partial charge in [-0.2, -0.15) is 0 Å². The summed E-state index contributed by atoms with van der Waals surface area (Å²) in [5.41, 5.74) is 3.33. The molecule has 0 saturated heterocycles. The van der Waals surface area contributed by atoms with E-state index in [9.17, 15) is 4.79 Å². The number of pyridine rings is 1. The van der Waals surface area contributed by atoms with Crippen molar-refractivity contribution in [1.82, 2.24) is 15.2 Å². The second kappa shape index (κ2) is 6.16. The fourth-order valence-electron chi connectivity index (χ4n) is 2.35. The average molecular weight is 249 g/mol. The molecule has 0 aromatic carbocycles. The third-order valence-corrected chi connectivity index (χ3v) is 3.50. The van der Waals surface area contributed by atoms with Crippen molar-refractivity contribution in [3.05, 3.63) is 33.2 Å². The molecule has 1 aromatic rings. The number of nitrogens with one attached hydrogen (secondary N) is 2. The molecule has 0 spiro atoms. The van der Waals surface area contributed by atoms with Gasteiger partial charge in [0, 0.05) is 37.3 Å². The highest BCUT2D eigenvalue weighted by Crippen LogP contribution is 2.15. The van der Waals surface area contributed by atoms with Crippen LogP contribution in [0.3, 0.4) is 0 Å². The lowest BCUT2D eigenvalue weighted by Gasteiger charge is -2.24. The highest BCUT2D eigenvalue weighted by molar-refractivity contribution is 5.27. The molecule has 1 aliphatic heterocycles. The van der Waals surface area contributed by atoms with Gasteiger partial charge in [-0.25, -0.2) is 0 Å². The fourth-order valence-corrected chi connectivity index (χ4v) is 2.35. The number of rotatable bonds is 5. The molecule has 1 aromatic heterocycles. The van der Waals surface area contributed by atoms with E-state index >= 15 is 0 Å². The van der Waals surface area contributed by atoms with Gasteiger partial charge in [-0.3, -0.25) is 4.79 Å². The molecular weight excluding hydrogens is 226 g/mol. The summed E-state index contributed by atoms with van der Waals surface area (Å²) in [6.45, 7) is 5.79. The normalized spacial score (nSPS) is 15.7. The van der Waals surface area contributed by atoms with Crippen molar-refractivity contribution in [3.63, 3.8) is 0 Å². The van der Waals surface area contributed by atoms with Crippen molar-refractivity contribution in [2.75, 3.05) is 20.1 Å². The molecule has 0 fully saturated rings. The van der Waals surface area contributed by atoms with Crippen LogP contribution in [0.1, 0.15) is 36.6 Å². The van der Waals surface area contributed by atoms with E-state index in [1.807, 2.05) is 0 Å². The van der Waals surface area contributed by atoms with E-state index in [1.165, 1.54) is 12.0 Å². The number of likely N-dealkylation sites (N-methyl/N-ethyl adjacent to an activating group) is 1. The maximum atomic E-state index is 11.9. The number of aromatic nitrogens is 1. The third-order valence-electron chi connectivity index (χ3n) is 3.50. The molecule has 2 rings (SSSR count). The summed E-state index contributed by atoms with van der Waals surface area (Å²) in [7, 11) is 2.12. The molecule has 0 amide bonds. The van der Waals surface area contributed by atoms with Gasteiger partial charge in [0.1, 0.15) is 0 Å². The Kier molecular flexibility index (Phi) is 4.55. The van der Waals surface area contributed by atoms with Crippen LogP contribution in [0.4, 0.5) is 0 Å². The van der Waals surface area contributed by atoms with E-state index in [4.69, 9.17) is 0 Å². The van der Waals surface area contributed by atoms with E-state index in [1.54, 1.807) is 0 Å². The van der Waals surface area contributed by atoms with Crippen LogP contribution < -0.4 is 10.9 Å². The highest BCUT2D eigenvalue weighted by Gasteiger charge is 2.15. The molecule has 4 heteroatoms. The summed E-state index contributed by atoms with van der Waals surface area (Å²) < 4.78 is 0. The second-order valence-electron chi connectivity index (χ2n) is 5.15. The monoisotopic (exact) mass is 249 g/mol.